The molecule has 0 aliphatic heterocycles. The summed E-state index contributed by atoms with van der Waals surface area (Å²) < 4.78 is 0. The molecule has 2 heteroatoms. The van der Waals surface area contributed by atoms with Crippen molar-refractivity contribution < 1.29 is 0 Å². The summed E-state index contributed by atoms with van der Waals surface area (Å²) in [5.41, 5.74) is 7.37. The van der Waals surface area contributed by atoms with Crippen LogP contribution in [0.4, 0.5) is 0 Å². The van der Waals surface area contributed by atoms with Gasteiger partial charge in [0.1, 0.15) is 0 Å². The lowest BCUT2D eigenvalue weighted by atomic mass is 10.1. The fourth-order valence-electron chi connectivity index (χ4n) is 0.688. The molecule has 0 amide bonds. The van der Waals surface area contributed by atoms with Gasteiger partial charge in [-0.25, -0.2) is 0 Å². The van der Waals surface area contributed by atoms with Crippen LogP contribution in [0.3, 0.4) is 0 Å². The lowest BCUT2D eigenvalue weighted by Crippen LogP contribution is -1.96. The largest absolute Gasteiger partial charge is 0.402 e. The van der Waals surface area contributed by atoms with Gasteiger partial charge in [-0.15, -0.1) is 0 Å². The van der Waals surface area contributed by atoms with Gasteiger partial charge < -0.3 is 11.1 Å². The van der Waals surface area contributed by atoms with E-state index in [-0.39, 0.29) is 0 Å². The average molecular weight is 138 g/mol. The summed E-state index contributed by atoms with van der Waals surface area (Å²) in [5, 5.41) is 6.79. The number of nitrogens with one attached hydrogen (secondary N) is 1. The van der Waals surface area contributed by atoms with Gasteiger partial charge >= 0.3 is 0 Å². The van der Waals surface area contributed by atoms with Crippen molar-refractivity contribution in [2.45, 2.75) is 19.8 Å². The van der Waals surface area contributed by atoms with E-state index in [2.05, 4.69) is 6.58 Å². The van der Waals surface area contributed by atoms with Gasteiger partial charge in [-0.05, 0) is 31.6 Å². The zero-order valence-electron chi connectivity index (χ0n) is 6.35. The van der Waals surface area contributed by atoms with Crippen molar-refractivity contribution in [1.82, 2.24) is 0 Å². The summed E-state index contributed by atoms with van der Waals surface area (Å²) in [7, 11) is 0. The standard InChI is InChI=1S/C8H14N2/c1-3-8(7(2)10)5-4-6-9/h3,6,9H,1,4-5,10H2,2H3/b8-7+,9-6?. The molecule has 0 heterocycles. The molecule has 0 fully saturated rings. The minimum atomic E-state index is 0.746. The molecule has 56 valence electrons. The third kappa shape index (κ3) is 3.07. The first-order valence-electron chi connectivity index (χ1n) is 3.29. The Morgan fingerprint density at radius 2 is 2.30 bits per heavy atom. The maximum Gasteiger partial charge on any atom is 0.00813 e. The van der Waals surface area contributed by atoms with Crippen LogP contribution in [0.15, 0.2) is 23.9 Å². The van der Waals surface area contributed by atoms with E-state index in [0.717, 1.165) is 24.1 Å². The highest BCUT2D eigenvalue weighted by atomic mass is 14.6. The Hall–Kier alpha value is -1.05. The van der Waals surface area contributed by atoms with Gasteiger partial charge in [0.25, 0.3) is 0 Å². The Labute approximate surface area is 61.9 Å². The Balaban J connectivity index is 3.96. The second-order valence-electron chi connectivity index (χ2n) is 2.16. The van der Waals surface area contributed by atoms with Gasteiger partial charge in [0.2, 0.25) is 0 Å². The van der Waals surface area contributed by atoms with E-state index >= 15 is 0 Å². The van der Waals surface area contributed by atoms with Crippen molar-refractivity contribution in [2.75, 3.05) is 0 Å². The van der Waals surface area contributed by atoms with Crippen LogP contribution in [0, 0.1) is 5.41 Å². The molecule has 0 aromatic rings. The van der Waals surface area contributed by atoms with Crippen molar-refractivity contribution in [3.8, 4) is 0 Å². The van der Waals surface area contributed by atoms with Gasteiger partial charge in [0.15, 0.2) is 0 Å². The van der Waals surface area contributed by atoms with Crippen LogP contribution in [0.5, 0.6) is 0 Å². The molecule has 0 aromatic heterocycles. The summed E-state index contributed by atoms with van der Waals surface area (Å²) in [6, 6.07) is 0. The maximum atomic E-state index is 6.79. The molecular weight excluding hydrogens is 124 g/mol. The molecule has 0 aromatic carbocycles. The van der Waals surface area contributed by atoms with E-state index < -0.39 is 0 Å². The van der Waals surface area contributed by atoms with Gasteiger partial charge in [0, 0.05) is 5.70 Å². The molecule has 0 rings (SSSR count). The highest BCUT2D eigenvalue weighted by molar-refractivity contribution is 5.53. The molecule has 0 unspecified atom stereocenters. The lowest BCUT2D eigenvalue weighted by molar-refractivity contribution is 1.02. The maximum absolute atomic E-state index is 6.79. The normalized spacial score (nSPS) is 12.1. The highest BCUT2D eigenvalue weighted by Gasteiger charge is 1.92. The minimum Gasteiger partial charge on any atom is -0.402 e. The molecule has 0 saturated carbocycles. The summed E-state index contributed by atoms with van der Waals surface area (Å²) >= 11 is 0. The molecular formula is C8H14N2. The highest BCUT2D eigenvalue weighted by Crippen LogP contribution is 2.06. The first kappa shape index (κ1) is 8.95. The van der Waals surface area contributed by atoms with Crippen LogP contribution in [0.25, 0.3) is 0 Å². The zero-order valence-corrected chi connectivity index (χ0v) is 6.35. The molecule has 3 N–H and O–H groups in total. The number of hydrogen-bond acceptors (Lipinski definition) is 2. The summed E-state index contributed by atoms with van der Waals surface area (Å²) in [5.74, 6) is 0. The van der Waals surface area contributed by atoms with Crippen LogP contribution in [0.1, 0.15) is 19.8 Å². The fraction of sp³-hybridized carbons (Fsp3) is 0.375. The zero-order chi connectivity index (χ0) is 7.98. The summed E-state index contributed by atoms with van der Waals surface area (Å²) in [6.45, 7) is 5.47. The van der Waals surface area contributed by atoms with Crippen molar-refractivity contribution in [3.63, 3.8) is 0 Å². The third-order valence-electron chi connectivity index (χ3n) is 1.31. The smallest absolute Gasteiger partial charge is 0.00813 e. The van der Waals surface area contributed by atoms with Gasteiger partial charge in [-0.2, -0.15) is 0 Å². The molecule has 0 aliphatic carbocycles. The van der Waals surface area contributed by atoms with Crippen molar-refractivity contribution in [1.29, 1.82) is 5.41 Å². The molecule has 0 saturated heterocycles. The predicted molar refractivity (Wildman–Crippen MR) is 45.1 cm³/mol. The van der Waals surface area contributed by atoms with Crippen LogP contribution < -0.4 is 5.73 Å². The van der Waals surface area contributed by atoms with Gasteiger partial charge in [-0.1, -0.05) is 12.7 Å². The van der Waals surface area contributed by atoms with E-state index in [4.69, 9.17) is 11.1 Å². The second kappa shape index (κ2) is 4.79. The van der Waals surface area contributed by atoms with Crippen molar-refractivity contribution in [3.05, 3.63) is 23.9 Å². The molecule has 0 aliphatic rings. The first-order chi connectivity index (χ1) is 4.72. The van der Waals surface area contributed by atoms with Gasteiger partial charge in [0.05, 0.1) is 0 Å². The monoisotopic (exact) mass is 138 g/mol. The number of rotatable bonds is 4. The molecule has 2 nitrogen and oxygen atoms in total. The molecule has 0 radical (unpaired) electrons. The van der Waals surface area contributed by atoms with E-state index in [0.29, 0.717) is 0 Å². The summed E-state index contributed by atoms with van der Waals surface area (Å²) in [4.78, 5) is 0. The topological polar surface area (TPSA) is 49.9 Å². The van der Waals surface area contributed by atoms with Crippen LogP contribution in [-0.2, 0) is 0 Å². The number of nitrogens with two attached hydrogens (primary N) is 1. The van der Waals surface area contributed by atoms with Crippen LogP contribution in [-0.4, -0.2) is 6.21 Å². The molecule has 10 heavy (non-hydrogen) atoms. The quantitative estimate of drug-likeness (QED) is 0.452. The van der Waals surface area contributed by atoms with E-state index in [1.807, 2.05) is 6.92 Å². The Morgan fingerprint density at radius 1 is 1.70 bits per heavy atom. The first-order valence-corrected chi connectivity index (χ1v) is 3.29. The predicted octanol–water partition coefficient (Wildman–Crippen LogP) is 1.83. The Kier molecular flexibility index (Phi) is 4.29. The van der Waals surface area contributed by atoms with E-state index in [1.54, 1.807) is 6.08 Å². The van der Waals surface area contributed by atoms with E-state index in [9.17, 15) is 0 Å². The third-order valence-corrected chi connectivity index (χ3v) is 1.31. The van der Waals surface area contributed by atoms with Gasteiger partial charge in [-0.3, -0.25) is 0 Å². The SMILES string of the molecule is C=C/C(CCC=N)=C(/C)N. The Bertz CT molecular complexity index is 153. The minimum absolute atomic E-state index is 0.746. The Morgan fingerprint density at radius 3 is 2.60 bits per heavy atom. The van der Waals surface area contributed by atoms with Crippen LogP contribution >= 0.6 is 0 Å². The number of allylic oxidation sites excluding steroid dienone is 3. The average Bonchev–Trinajstić information content (AvgIpc) is 1.89. The van der Waals surface area contributed by atoms with Crippen molar-refractivity contribution in [2.24, 2.45) is 5.73 Å². The molecule has 0 bridgehead atoms. The lowest BCUT2D eigenvalue weighted by Gasteiger charge is -2.00. The van der Waals surface area contributed by atoms with Crippen LogP contribution in [0.2, 0.25) is 0 Å². The molecule has 0 spiro atoms. The number of hydrogen-bond donors (Lipinski definition) is 2. The fourth-order valence-corrected chi connectivity index (χ4v) is 0.688. The van der Waals surface area contributed by atoms with E-state index in [1.165, 1.54) is 6.21 Å². The second-order valence-corrected chi connectivity index (χ2v) is 2.16. The molecule has 0 atom stereocenters. The summed E-state index contributed by atoms with van der Waals surface area (Å²) in [6.07, 6.45) is 4.70. The van der Waals surface area contributed by atoms with Crippen molar-refractivity contribution >= 4 is 6.21 Å².